The van der Waals surface area contributed by atoms with Gasteiger partial charge in [0.1, 0.15) is 0 Å². The number of methoxy groups -OCH3 is 1. The Hall–Kier alpha value is -0.940. The van der Waals surface area contributed by atoms with Crippen molar-refractivity contribution in [1.82, 2.24) is 0 Å². The third-order valence-electron chi connectivity index (χ3n) is 2.42. The summed E-state index contributed by atoms with van der Waals surface area (Å²) in [5, 5.41) is 0. The second kappa shape index (κ2) is 6.71. The highest BCUT2D eigenvalue weighted by Gasteiger charge is 2.09. The molecule has 0 spiro atoms. The molecule has 1 aromatic rings. The zero-order valence-electron chi connectivity index (χ0n) is 10.1. The van der Waals surface area contributed by atoms with Crippen LogP contribution in [-0.4, -0.2) is 23.6 Å². The topological polar surface area (TPSA) is 52.3 Å². The maximum Gasteiger partial charge on any atom is 0.165 e. The van der Waals surface area contributed by atoms with Crippen LogP contribution in [0, 0.1) is 11.7 Å². The molecule has 2 atom stereocenters. The molecule has 0 heterocycles. The predicted molar refractivity (Wildman–Crippen MR) is 67.9 cm³/mol. The summed E-state index contributed by atoms with van der Waals surface area (Å²) in [6, 6.07) is 4.64. The molecule has 0 aliphatic rings. The molecule has 1 aromatic carbocycles. The minimum atomic E-state index is -1.01. The highest BCUT2D eigenvalue weighted by molar-refractivity contribution is 7.84. The quantitative estimate of drug-likeness (QED) is 0.845. The Balaban J connectivity index is 2.63. The fourth-order valence-corrected chi connectivity index (χ4v) is 2.87. The van der Waals surface area contributed by atoms with Gasteiger partial charge in [-0.1, -0.05) is 13.0 Å². The molecule has 96 valence electrons. The van der Waals surface area contributed by atoms with E-state index in [2.05, 4.69) is 0 Å². The number of ether oxygens (including phenoxy) is 1. The summed E-state index contributed by atoms with van der Waals surface area (Å²) >= 11 is 0. The first-order valence-electron chi connectivity index (χ1n) is 5.44. The van der Waals surface area contributed by atoms with Crippen LogP contribution >= 0.6 is 0 Å². The van der Waals surface area contributed by atoms with E-state index >= 15 is 0 Å². The number of rotatable bonds is 6. The van der Waals surface area contributed by atoms with E-state index < -0.39 is 16.6 Å². The average Bonchev–Trinajstić information content (AvgIpc) is 2.29. The molecule has 0 aromatic heterocycles. The smallest absolute Gasteiger partial charge is 0.165 e. The molecule has 5 heteroatoms. The van der Waals surface area contributed by atoms with E-state index in [1.165, 1.54) is 13.2 Å². The third kappa shape index (κ3) is 4.44. The molecular formula is C12H18FNO2S. The van der Waals surface area contributed by atoms with Crippen molar-refractivity contribution in [1.29, 1.82) is 0 Å². The Bertz CT molecular complexity index is 398. The number of halogens is 1. The molecule has 3 nitrogen and oxygen atoms in total. The molecular weight excluding hydrogens is 241 g/mol. The first-order chi connectivity index (χ1) is 8.06. The van der Waals surface area contributed by atoms with Gasteiger partial charge in [0.15, 0.2) is 11.6 Å². The summed E-state index contributed by atoms with van der Waals surface area (Å²) < 4.78 is 30.0. The molecule has 0 radical (unpaired) electrons. The summed E-state index contributed by atoms with van der Waals surface area (Å²) in [5.41, 5.74) is 6.18. The first kappa shape index (κ1) is 14.1. The van der Waals surface area contributed by atoms with E-state index in [1.807, 2.05) is 6.92 Å². The van der Waals surface area contributed by atoms with Crippen molar-refractivity contribution in [3.63, 3.8) is 0 Å². The van der Waals surface area contributed by atoms with E-state index in [1.54, 1.807) is 12.1 Å². The lowest BCUT2D eigenvalue weighted by molar-refractivity contribution is 0.386. The molecule has 1 rings (SSSR count). The molecule has 0 amide bonds. The van der Waals surface area contributed by atoms with E-state index in [0.29, 0.717) is 23.6 Å². The van der Waals surface area contributed by atoms with Crippen LogP contribution in [0.15, 0.2) is 18.2 Å². The summed E-state index contributed by atoms with van der Waals surface area (Å²) in [7, 11) is 0.411. The van der Waals surface area contributed by atoms with Crippen molar-refractivity contribution in [3.8, 4) is 5.75 Å². The molecule has 0 saturated heterocycles. The summed E-state index contributed by atoms with van der Waals surface area (Å²) in [4.78, 5) is 0. The van der Waals surface area contributed by atoms with Crippen LogP contribution in [0.4, 0.5) is 4.39 Å². The predicted octanol–water partition coefficient (Wildman–Crippen LogP) is 1.68. The fraction of sp³-hybridized carbons (Fsp3) is 0.500. The second-order valence-electron chi connectivity index (χ2n) is 4.06. The van der Waals surface area contributed by atoms with Gasteiger partial charge in [-0.3, -0.25) is 4.21 Å². The number of hydrogen-bond acceptors (Lipinski definition) is 3. The Morgan fingerprint density at radius 1 is 1.53 bits per heavy atom. The highest BCUT2D eigenvalue weighted by Crippen LogP contribution is 2.18. The van der Waals surface area contributed by atoms with Crippen LogP contribution in [0.25, 0.3) is 0 Å². The van der Waals surface area contributed by atoms with Crippen LogP contribution in [0.1, 0.15) is 12.5 Å². The van der Waals surface area contributed by atoms with Crippen molar-refractivity contribution in [3.05, 3.63) is 29.6 Å². The summed E-state index contributed by atoms with van der Waals surface area (Å²) in [5.74, 6) is 0.901. The van der Waals surface area contributed by atoms with Gasteiger partial charge < -0.3 is 10.5 Å². The van der Waals surface area contributed by atoms with Gasteiger partial charge in [-0.25, -0.2) is 4.39 Å². The molecule has 0 bridgehead atoms. The lowest BCUT2D eigenvalue weighted by atomic mass is 10.2. The van der Waals surface area contributed by atoms with Gasteiger partial charge in [-0.2, -0.15) is 0 Å². The monoisotopic (exact) mass is 259 g/mol. The highest BCUT2D eigenvalue weighted by atomic mass is 32.2. The van der Waals surface area contributed by atoms with Crippen molar-refractivity contribution in [2.45, 2.75) is 12.7 Å². The number of hydrogen-bond donors (Lipinski definition) is 1. The molecule has 2 N–H and O–H groups in total. The largest absolute Gasteiger partial charge is 0.494 e. The molecule has 0 aliphatic heterocycles. The molecule has 0 saturated carbocycles. The maximum atomic E-state index is 13.4. The van der Waals surface area contributed by atoms with Gasteiger partial charge >= 0.3 is 0 Å². The van der Waals surface area contributed by atoms with E-state index in [0.717, 1.165) is 0 Å². The lowest BCUT2D eigenvalue weighted by Crippen LogP contribution is -2.18. The van der Waals surface area contributed by atoms with Crippen LogP contribution in [0.3, 0.4) is 0 Å². The van der Waals surface area contributed by atoms with Gasteiger partial charge in [0, 0.05) is 22.3 Å². The van der Waals surface area contributed by atoms with Crippen molar-refractivity contribution >= 4 is 10.8 Å². The SMILES string of the molecule is COc1ccc(CS(=O)CC(C)CN)cc1F. The van der Waals surface area contributed by atoms with Gasteiger partial charge in [0.25, 0.3) is 0 Å². The Morgan fingerprint density at radius 3 is 2.76 bits per heavy atom. The van der Waals surface area contributed by atoms with Crippen molar-refractivity contribution in [2.24, 2.45) is 11.7 Å². The summed E-state index contributed by atoms with van der Waals surface area (Å²) in [6.07, 6.45) is 0. The van der Waals surface area contributed by atoms with Crippen LogP contribution in [0.2, 0.25) is 0 Å². The molecule has 0 aliphatic carbocycles. The van der Waals surface area contributed by atoms with Crippen LogP contribution in [-0.2, 0) is 16.6 Å². The molecule has 17 heavy (non-hydrogen) atoms. The minimum absolute atomic E-state index is 0.204. The van der Waals surface area contributed by atoms with Crippen LogP contribution in [0.5, 0.6) is 5.75 Å². The maximum absolute atomic E-state index is 13.4. The number of nitrogens with two attached hydrogens (primary N) is 1. The Labute approximate surface area is 104 Å². The minimum Gasteiger partial charge on any atom is -0.494 e. The fourth-order valence-electron chi connectivity index (χ4n) is 1.43. The lowest BCUT2D eigenvalue weighted by Gasteiger charge is -2.09. The van der Waals surface area contributed by atoms with Gasteiger partial charge in [0.2, 0.25) is 0 Å². The summed E-state index contributed by atoms with van der Waals surface area (Å²) in [6.45, 7) is 2.47. The van der Waals surface area contributed by atoms with Gasteiger partial charge in [0.05, 0.1) is 7.11 Å². The number of benzene rings is 1. The Morgan fingerprint density at radius 2 is 2.24 bits per heavy atom. The van der Waals surface area contributed by atoms with Gasteiger partial charge in [-0.15, -0.1) is 0 Å². The Kier molecular flexibility index (Phi) is 5.58. The van der Waals surface area contributed by atoms with Crippen LogP contribution < -0.4 is 10.5 Å². The van der Waals surface area contributed by atoms with Gasteiger partial charge in [-0.05, 0) is 30.2 Å². The molecule has 2 unspecified atom stereocenters. The normalized spacial score (nSPS) is 14.4. The first-order valence-corrected chi connectivity index (χ1v) is 6.93. The zero-order chi connectivity index (χ0) is 12.8. The zero-order valence-corrected chi connectivity index (χ0v) is 10.9. The third-order valence-corrected chi connectivity index (χ3v) is 4.01. The van der Waals surface area contributed by atoms with E-state index in [4.69, 9.17) is 10.5 Å². The molecule has 0 fully saturated rings. The van der Waals surface area contributed by atoms with Crippen molar-refractivity contribution in [2.75, 3.05) is 19.4 Å². The standard InChI is InChI=1S/C12H18FNO2S/c1-9(6-14)7-17(15)8-10-3-4-12(16-2)11(13)5-10/h3-5,9H,6-8,14H2,1-2H3. The second-order valence-corrected chi connectivity index (χ2v) is 5.56. The van der Waals surface area contributed by atoms with E-state index in [9.17, 15) is 8.60 Å². The average molecular weight is 259 g/mol. The van der Waals surface area contributed by atoms with Crippen molar-refractivity contribution < 1.29 is 13.3 Å². The van der Waals surface area contributed by atoms with E-state index in [-0.39, 0.29) is 11.7 Å².